The van der Waals surface area contributed by atoms with Gasteiger partial charge in [-0.15, -0.1) is 0 Å². The number of rotatable bonds is 5. The molecule has 0 saturated carbocycles. The second-order valence-corrected chi connectivity index (χ2v) is 14.0. The van der Waals surface area contributed by atoms with Crippen molar-refractivity contribution in [1.82, 2.24) is 19.5 Å². The number of benzene rings is 8. The molecule has 0 atom stereocenters. The Morgan fingerprint density at radius 1 is 0.327 bits per heavy atom. The third kappa shape index (κ3) is 5.11. The van der Waals surface area contributed by atoms with Gasteiger partial charge < -0.3 is 4.57 Å². The van der Waals surface area contributed by atoms with Gasteiger partial charge in [0.15, 0.2) is 5.82 Å². The van der Waals surface area contributed by atoms with Gasteiger partial charge in [-0.05, 0) is 46.8 Å². The van der Waals surface area contributed by atoms with Gasteiger partial charge in [-0.25, -0.2) is 15.0 Å². The maximum absolute atomic E-state index is 5.35. The highest BCUT2D eigenvalue weighted by atomic mass is 15.0. The molecule has 3 heterocycles. The van der Waals surface area contributed by atoms with Crippen LogP contribution >= 0.6 is 0 Å². The van der Waals surface area contributed by atoms with Gasteiger partial charge in [0, 0.05) is 49.3 Å². The van der Waals surface area contributed by atoms with Gasteiger partial charge in [-0.3, -0.25) is 0 Å². The molecule has 11 rings (SSSR count). The van der Waals surface area contributed by atoms with Crippen LogP contribution in [0.1, 0.15) is 0 Å². The Bertz CT molecular complexity index is 3240. The van der Waals surface area contributed by atoms with Gasteiger partial charge in [-0.2, -0.15) is 0 Å². The molecule has 0 N–H and O–H groups in total. The molecule has 0 saturated heterocycles. The standard InChI is InChI=1S/C51H32N4/c1-3-14-33(15-4-1)34-26-28-36(29-27-34)48-43-22-8-11-24-45(43)53-51(54-48)37-18-13-19-38(32-37)55-46-25-12-9-21-40(46)42-31-30-41-39-20-7-10-23-44(39)52-49(47(41)50(42)55)35-16-5-2-6-17-35/h1-32H. The van der Waals surface area contributed by atoms with Crippen LogP contribution in [0.3, 0.4) is 0 Å². The summed E-state index contributed by atoms with van der Waals surface area (Å²) in [5, 5.41) is 6.85. The maximum Gasteiger partial charge on any atom is 0.160 e. The summed E-state index contributed by atoms with van der Waals surface area (Å²) in [5.74, 6) is 0.686. The van der Waals surface area contributed by atoms with Crippen molar-refractivity contribution in [1.29, 1.82) is 0 Å². The molecule has 11 aromatic rings. The van der Waals surface area contributed by atoms with Crippen molar-refractivity contribution < 1.29 is 0 Å². The van der Waals surface area contributed by atoms with E-state index in [9.17, 15) is 0 Å². The topological polar surface area (TPSA) is 43.6 Å². The van der Waals surface area contributed by atoms with E-state index in [1.54, 1.807) is 0 Å². The number of fused-ring (bicyclic) bond motifs is 8. The van der Waals surface area contributed by atoms with Crippen molar-refractivity contribution in [2.75, 3.05) is 0 Å². The predicted molar refractivity (Wildman–Crippen MR) is 228 cm³/mol. The van der Waals surface area contributed by atoms with Gasteiger partial charge in [0.25, 0.3) is 0 Å². The molecule has 0 aliphatic carbocycles. The monoisotopic (exact) mass is 700 g/mol. The summed E-state index contributed by atoms with van der Waals surface area (Å²) in [5.41, 5.74) is 12.5. The first-order valence-corrected chi connectivity index (χ1v) is 18.6. The molecule has 4 nitrogen and oxygen atoms in total. The minimum Gasteiger partial charge on any atom is -0.309 e. The third-order valence-electron chi connectivity index (χ3n) is 10.8. The summed E-state index contributed by atoms with van der Waals surface area (Å²) in [4.78, 5) is 15.8. The molecule has 0 unspecified atom stereocenters. The Morgan fingerprint density at radius 2 is 0.891 bits per heavy atom. The molecular weight excluding hydrogens is 669 g/mol. The zero-order valence-corrected chi connectivity index (χ0v) is 29.8. The molecule has 8 aromatic carbocycles. The lowest BCUT2D eigenvalue weighted by Crippen LogP contribution is -1.99. The molecule has 0 aliphatic rings. The number of aromatic nitrogens is 4. The zero-order valence-electron chi connectivity index (χ0n) is 29.8. The summed E-state index contributed by atoms with van der Waals surface area (Å²) in [7, 11) is 0. The van der Waals surface area contributed by atoms with Gasteiger partial charge in [0.05, 0.1) is 33.5 Å². The van der Waals surface area contributed by atoms with Crippen molar-refractivity contribution >= 4 is 54.4 Å². The van der Waals surface area contributed by atoms with Crippen molar-refractivity contribution in [2.45, 2.75) is 0 Å². The minimum atomic E-state index is 0.686. The summed E-state index contributed by atoms with van der Waals surface area (Å²) in [6.07, 6.45) is 0. The van der Waals surface area contributed by atoms with Crippen LogP contribution < -0.4 is 0 Å². The predicted octanol–water partition coefficient (Wildman–Crippen LogP) is 13.1. The summed E-state index contributed by atoms with van der Waals surface area (Å²) >= 11 is 0. The van der Waals surface area contributed by atoms with Gasteiger partial charge in [0.1, 0.15) is 0 Å². The number of para-hydroxylation sites is 3. The fraction of sp³-hybridized carbons (Fsp3) is 0. The van der Waals surface area contributed by atoms with E-state index >= 15 is 0 Å². The smallest absolute Gasteiger partial charge is 0.160 e. The van der Waals surface area contributed by atoms with E-state index in [1.165, 1.54) is 27.3 Å². The summed E-state index contributed by atoms with van der Waals surface area (Å²) in [6, 6.07) is 68.4. The molecule has 0 spiro atoms. The van der Waals surface area contributed by atoms with E-state index in [0.717, 1.165) is 72.0 Å². The molecule has 0 amide bonds. The Labute approximate surface area is 317 Å². The van der Waals surface area contributed by atoms with Gasteiger partial charge >= 0.3 is 0 Å². The quantitative estimate of drug-likeness (QED) is 0.168. The first-order valence-electron chi connectivity index (χ1n) is 18.6. The van der Waals surface area contributed by atoms with E-state index in [4.69, 9.17) is 15.0 Å². The van der Waals surface area contributed by atoms with Crippen LogP contribution in [0.15, 0.2) is 194 Å². The van der Waals surface area contributed by atoms with Crippen LogP contribution in [-0.4, -0.2) is 19.5 Å². The number of hydrogen-bond donors (Lipinski definition) is 0. The van der Waals surface area contributed by atoms with Crippen molar-refractivity contribution in [3.8, 4) is 50.7 Å². The largest absolute Gasteiger partial charge is 0.309 e. The summed E-state index contributed by atoms with van der Waals surface area (Å²) in [6.45, 7) is 0. The average molecular weight is 701 g/mol. The molecule has 0 radical (unpaired) electrons. The van der Waals surface area contributed by atoms with Crippen molar-refractivity contribution in [2.24, 2.45) is 0 Å². The van der Waals surface area contributed by atoms with Crippen LogP contribution in [-0.2, 0) is 0 Å². The van der Waals surface area contributed by atoms with E-state index in [2.05, 4.69) is 187 Å². The average Bonchev–Trinajstić information content (AvgIpc) is 3.61. The van der Waals surface area contributed by atoms with Crippen molar-refractivity contribution in [3.63, 3.8) is 0 Å². The molecule has 0 aliphatic heterocycles. The fourth-order valence-electron chi connectivity index (χ4n) is 8.23. The second kappa shape index (κ2) is 12.6. The molecule has 3 aromatic heterocycles. The van der Waals surface area contributed by atoms with E-state index in [1.807, 2.05) is 12.1 Å². The number of pyridine rings is 1. The van der Waals surface area contributed by atoms with Gasteiger partial charge in [0.2, 0.25) is 0 Å². The fourth-order valence-corrected chi connectivity index (χ4v) is 8.23. The lowest BCUT2D eigenvalue weighted by Gasteiger charge is -2.15. The zero-order chi connectivity index (χ0) is 36.3. The van der Waals surface area contributed by atoms with Crippen LogP contribution in [0.2, 0.25) is 0 Å². The first kappa shape index (κ1) is 31.1. The number of nitrogens with zero attached hydrogens (tertiary/aromatic N) is 4. The van der Waals surface area contributed by atoms with Crippen LogP contribution in [0, 0.1) is 0 Å². The lowest BCUT2D eigenvalue weighted by molar-refractivity contribution is 1.17. The number of hydrogen-bond acceptors (Lipinski definition) is 3. The molecule has 0 bridgehead atoms. The highest BCUT2D eigenvalue weighted by Crippen LogP contribution is 2.42. The van der Waals surface area contributed by atoms with E-state index in [-0.39, 0.29) is 0 Å². The SMILES string of the molecule is c1ccc(-c2ccc(-c3nc(-c4cccc(-n5c6ccccc6c6ccc7c8ccccc8nc(-c8ccccc8)c7c65)c4)nc4ccccc34)cc2)cc1. The highest BCUT2D eigenvalue weighted by Gasteiger charge is 2.21. The Balaban J connectivity index is 1.15. The Hall–Kier alpha value is -7.43. The normalized spacial score (nSPS) is 11.6. The van der Waals surface area contributed by atoms with Crippen LogP contribution in [0.25, 0.3) is 105 Å². The molecule has 4 heteroatoms. The van der Waals surface area contributed by atoms with E-state index in [0.29, 0.717) is 5.82 Å². The first-order chi connectivity index (χ1) is 27.3. The summed E-state index contributed by atoms with van der Waals surface area (Å²) < 4.78 is 2.41. The Kier molecular flexibility index (Phi) is 7.14. The Morgan fingerprint density at radius 3 is 1.67 bits per heavy atom. The van der Waals surface area contributed by atoms with Crippen molar-refractivity contribution in [3.05, 3.63) is 194 Å². The third-order valence-corrected chi connectivity index (χ3v) is 10.8. The van der Waals surface area contributed by atoms with Crippen LogP contribution in [0.4, 0.5) is 0 Å². The molecule has 256 valence electrons. The lowest BCUT2D eigenvalue weighted by atomic mass is 9.97. The molecule has 55 heavy (non-hydrogen) atoms. The van der Waals surface area contributed by atoms with Gasteiger partial charge in [-0.1, -0.05) is 164 Å². The second-order valence-electron chi connectivity index (χ2n) is 14.0. The highest BCUT2D eigenvalue weighted by molar-refractivity contribution is 6.25. The molecule has 0 fully saturated rings. The minimum absolute atomic E-state index is 0.686. The maximum atomic E-state index is 5.35. The van der Waals surface area contributed by atoms with E-state index < -0.39 is 0 Å². The van der Waals surface area contributed by atoms with Crippen LogP contribution in [0.5, 0.6) is 0 Å². The molecular formula is C51H32N4.